The number of anilines is 1. The SMILES string of the molecule is CCCc1c(C(=O)Nc2cc(-c3nnc4n3CCCCC4)ccc2F)[nH]c(C)c1C(C)=O. The zero-order valence-corrected chi connectivity index (χ0v) is 18.7. The molecule has 0 unspecified atom stereocenters. The zero-order valence-electron chi connectivity index (χ0n) is 18.7. The van der Waals surface area contributed by atoms with Crippen LogP contribution < -0.4 is 5.32 Å². The van der Waals surface area contributed by atoms with Crippen molar-refractivity contribution in [3.8, 4) is 11.4 Å². The third kappa shape index (κ3) is 4.09. The summed E-state index contributed by atoms with van der Waals surface area (Å²) in [5.74, 6) is 0.515. The van der Waals surface area contributed by atoms with Crippen LogP contribution in [0.1, 0.15) is 77.5 Å². The number of carbonyl (C=O) groups excluding carboxylic acids is 2. The van der Waals surface area contributed by atoms with Gasteiger partial charge in [-0.15, -0.1) is 10.2 Å². The van der Waals surface area contributed by atoms with E-state index in [4.69, 9.17) is 0 Å². The van der Waals surface area contributed by atoms with Crippen molar-refractivity contribution in [2.75, 3.05) is 5.32 Å². The van der Waals surface area contributed by atoms with Gasteiger partial charge in [-0.25, -0.2) is 4.39 Å². The van der Waals surface area contributed by atoms with Gasteiger partial charge in [0.05, 0.1) is 5.69 Å². The number of Topliss-reactive ketones (excluding diaryl/α,β-unsaturated/α-hetero) is 1. The molecule has 0 saturated heterocycles. The highest BCUT2D eigenvalue weighted by Crippen LogP contribution is 2.28. The second kappa shape index (κ2) is 9.06. The van der Waals surface area contributed by atoms with Crippen LogP contribution in [0.5, 0.6) is 0 Å². The van der Waals surface area contributed by atoms with Crippen LogP contribution in [0.3, 0.4) is 0 Å². The van der Waals surface area contributed by atoms with Crippen molar-refractivity contribution in [1.82, 2.24) is 19.7 Å². The summed E-state index contributed by atoms with van der Waals surface area (Å²) in [5.41, 5.74) is 2.93. The molecule has 7 nitrogen and oxygen atoms in total. The minimum Gasteiger partial charge on any atom is -0.354 e. The lowest BCUT2D eigenvalue weighted by atomic mass is 10.0. The molecule has 32 heavy (non-hydrogen) atoms. The number of aromatic nitrogens is 4. The molecule has 2 N–H and O–H groups in total. The molecule has 1 aliphatic heterocycles. The van der Waals surface area contributed by atoms with Gasteiger partial charge in [0.15, 0.2) is 11.6 Å². The van der Waals surface area contributed by atoms with Crippen LogP contribution in [0.25, 0.3) is 11.4 Å². The maximum atomic E-state index is 14.6. The molecular weight excluding hydrogens is 409 g/mol. The smallest absolute Gasteiger partial charge is 0.272 e. The molecule has 0 fully saturated rings. The van der Waals surface area contributed by atoms with Gasteiger partial charge in [0.2, 0.25) is 0 Å². The average Bonchev–Trinajstić information content (AvgIpc) is 3.21. The zero-order chi connectivity index (χ0) is 22.8. The van der Waals surface area contributed by atoms with Crippen LogP contribution in [-0.4, -0.2) is 31.4 Å². The molecule has 3 aromatic rings. The van der Waals surface area contributed by atoms with E-state index in [0.29, 0.717) is 40.3 Å². The van der Waals surface area contributed by atoms with E-state index >= 15 is 0 Å². The highest BCUT2D eigenvalue weighted by atomic mass is 19.1. The predicted molar refractivity (Wildman–Crippen MR) is 120 cm³/mol. The second-order valence-electron chi connectivity index (χ2n) is 8.34. The van der Waals surface area contributed by atoms with Crippen LogP contribution >= 0.6 is 0 Å². The number of amides is 1. The number of ketones is 1. The van der Waals surface area contributed by atoms with E-state index in [1.807, 2.05) is 6.92 Å². The normalized spacial score (nSPS) is 13.5. The van der Waals surface area contributed by atoms with E-state index in [1.54, 1.807) is 19.1 Å². The molecule has 168 valence electrons. The van der Waals surface area contributed by atoms with Crippen molar-refractivity contribution < 1.29 is 14.0 Å². The molecule has 4 rings (SSSR count). The lowest BCUT2D eigenvalue weighted by Crippen LogP contribution is -2.16. The van der Waals surface area contributed by atoms with E-state index < -0.39 is 11.7 Å². The first kappa shape index (κ1) is 21.9. The van der Waals surface area contributed by atoms with Crippen LogP contribution in [0, 0.1) is 12.7 Å². The molecule has 8 heteroatoms. The Bertz CT molecular complexity index is 1180. The molecule has 0 aliphatic carbocycles. The molecule has 0 radical (unpaired) electrons. The summed E-state index contributed by atoms with van der Waals surface area (Å²) in [5, 5.41) is 11.3. The number of nitrogens with one attached hydrogen (secondary N) is 2. The lowest BCUT2D eigenvalue weighted by molar-refractivity contribution is 0.101. The maximum absolute atomic E-state index is 14.6. The average molecular weight is 438 g/mol. The molecule has 3 heterocycles. The van der Waals surface area contributed by atoms with Crippen LogP contribution in [0.15, 0.2) is 18.2 Å². The minimum absolute atomic E-state index is 0.0672. The monoisotopic (exact) mass is 437 g/mol. The number of rotatable bonds is 6. The fourth-order valence-electron chi connectivity index (χ4n) is 4.49. The molecule has 0 atom stereocenters. The van der Waals surface area contributed by atoms with Gasteiger partial charge in [-0.2, -0.15) is 0 Å². The first-order chi connectivity index (χ1) is 15.4. The van der Waals surface area contributed by atoms with Crippen LogP contribution in [-0.2, 0) is 19.4 Å². The topological polar surface area (TPSA) is 92.7 Å². The standard InChI is InChI=1S/C24H28FN5O2/c1-4-8-17-21(15(3)31)14(2)26-22(17)24(32)27-19-13-16(10-11-18(19)25)23-29-28-20-9-6-5-7-12-30(20)23/h10-11,13,26H,4-9,12H2,1-3H3,(H,27,32). The van der Waals surface area contributed by atoms with E-state index in [0.717, 1.165) is 44.5 Å². The highest BCUT2D eigenvalue weighted by Gasteiger charge is 2.23. The summed E-state index contributed by atoms with van der Waals surface area (Å²) in [6, 6.07) is 4.58. The van der Waals surface area contributed by atoms with Gasteiger partial charge >= 0.3 is 0 Å². The van der Waals surface area contributed by atoms with Crippen LogP contribution in [0.2, 0.25) is 0 Å². The molecule has 0 spiro atoms. The number of fused-ring (bicyclic) bond motifs is 1. The number of carbonyl (C=O) groups is 2. The van der Waals surface area contributed by atoms with E-state index in [-0.39, 0.29) is 11.5 Å². The maximum Gasteiger partial charge on any atom is 0.272 e. The largest absolute Gasteiger partial charge is 0.354 e. The van der Waals surface area contributed by atoms with Crippen molar-refractivity contribution in [2.24, 2.45) is 0 Å². The van der Waals surface area contributed by atoms with Crippen LogP contribution in [0.4, 0.5) is 10.1 Å². The summed E-state index contributed by atoms with van der Waals surface area (Å²) >= 11 is 0. The number of halogens is 1. The molecule has 0 bridgehead atoms. The molecule has 1 amide bonds. The summed E-state index contributed by atoms with van der Waals surface area (Å²) in [6.07, 6.45) is 5.51. The third-order valence-corrected chi connectivity index (χ3v) is 5.95. The number of benzene rings is 1. The molecular formula is C24H28FN5O2. The molecule has 2 aromatic heterocycles. The van der Waals surface area contributed by atoms with Crippen molar-refractivity contribution in [1.29, 1.82) is 0 Å². The Morgan fingerprint density at radius 1 is 1.22 bits per heavy atom. The lowest BCUT2D eigenvalue weighted by Gasteiger charge is -2.11. The van der Waals surface area contributed by atoms with E-state index in [9.17, 15) is 14.0 Å². The van der Waals surface area contributed by atoms with Gasteiger partial charge in [-0.3, -0.25) is 9.59 Å². The van der Waals surface area contributed by atoms with E-state index in [1.165, 1.54) is 13.0 Å². The number of hydrogen-bond acceptors (Lipinski definition) is 4. The number of H-pyrrole nitrogens is 1. The number of nitrogens with zero attached hydrogens (tertiary/aromatic N) is 3. The fraction of sp³-hybridized carbons (Fsp3) is 0.417. The Kier molecular flexibility index (Phi) is 6.21. The van der Waals surface area contributed by atoms with Gasteiger partial charge < -0.3 is 14.9 Å². The fourth-order valence-corrected chi connectivity index (χ4v) is 4.49. The number of aromatic amines is 1. The van der Waals surface area contributed by atoms with Crippen molar-refractivity contribution in [3.05, 3.63) is 52.4 Å². The summed E-state index contributed by atoms with van der Waals surface area (Å²) in [6.45, 7) is 6.07. The highest BCUT2D eigenvalue weighted by molar-refractivity contribution is 6.08. The quantitative estimate of drug-likeness (QED) is 0.539. The Labute approximate surface area is 186 Å². The van der Waals surface area contributed by atoms with E-state index in [2.05, 4.69) is 25.1 Å². The first-order valence-corrected chi connectivity index (χ1v) is 11.2. The molecule has 1 aromatic carbocycles. The van der Waals surface area contributed by atoms with Gasteiger partial charge in [-0.05, 0) is 56.9 Å². The molecule has 0 saturated carbocycles. The Balaban J connectivity index is 1.67. The first-order valence-electron chi connectivity index (χ1n) is 11.2. The minimum atomic E-state index is -0.537. The molecule has 1 aliphatic rings. The summed E-state index contributed by atoms with van der Waals surface area (Å²) in [4.78, 5) is 28.2. The van der Waals surface area contributed by atoms with Gasteiger partial charge in [0.1, 0.15) is 17.3 Å². The van der Waals surface area contributed by atoms with Crippen molar-refractivity contribution >= 4 is 17.4 Å². The number of aryl methyl sites for hydroxylation is 2. The van der Waals surface area contributed by atoms with Gasteiger partial charge in [-0.1, -0.05) is 19.8 Å². The predicted octanol–water partition coefficient (Wildman–Crippen LogP) is 4.85. The Morgan fingerprint density at radius 3 is 2.78 bits per heavy atom. The van der Waals surface area contributed by atoms with Crippen molar-refractivity contribution in [2.45, 2.75) is 65.8 Å². The Hall–Kier alpha value is -3.29. The Morgan fingerprint density at radius 2 is 2.03 bits per heavy atom. The third-order valence-electron chi connectivity index (χ3n) is 5.95. The van der Waals surface area contributed by atoms with Gasteiger partial charge in [0.25, 0.3) is 5.91 Å². The van der Waals surface area contributed by atoms with Gasteiger partial charge in [0, 0.05) is 29.8 Å². The summed E-state index contributed by atoms with van der Waals surface area (Å²) < 4.78 is 16.7. The second-order valence-corrected chi connectivity index (χ2v) is 8.34. The number of hydrogen-bond donors (Lipinski definition) is 2. The van der Waals surface area contributed by atoms with Crippen molar-refractivity contribution in [3.63, 3.8) is 0 Å². The summed E-state index contributed by atoms with van der Waals surface area (Å²) in [7, 11) is 0.